The molecule has 0 radical (unpaired) electrons. The van der Waals surface area contributed by atoms with E-state index in [1.165, 1.54) is 36.4 Å². The van der Waals surface area contributed by atoms with Gasteiger partial charge in [-0.05, 0) is 42.8 Å². The van der Waals surface area contributed by atoms with Crippen LogP contribution in [0.1, 0.15) is 42.2 Å². The molecule has 8 nitrogen and oxygen atoms in total. The number of hydrogen-bond acceptors (Lipinski definition) is 5. The molecule has 0 saturated heterocycles. The van der Waals surface area contributed by atoms with E-state index in [0.29, 0.717) is 6.54 Å². The molecule has 0 aliphatic carbocycles. The Balaban J connectivity index is 1.96. The van der Waals surface area contributed by atoms with Crippen LogP contribution in [0.25, 0.3) is 16.9 Å². The first kappa shape index (κ1) is 26.1. The Bertz CT molecular complexity index is 1330. The van der Waals surface area contributed by atoms with Crippen molar-refractivity contribution in [3.8, 4) is 16.9 Å². The highest BCUT2D eigenvalue weighted by Gasteiger charge is 2.35. The molecule has 186 valence electrons. The van der Waals surface area contributed by atoms with Gasteiger partial charge in [0.1, 0.15) is 0 Å². The molecule has 1 amide bonds. The van der Waals surface area contributed by atoms with Gasteiger partial charge in [0.15, 0.2) is 11.5 Å². The maximum atomic E-state index is 13.4. The Labute approximate surface area is 200 Å². The van der Waals surface area contributed by atoms with Crippen LogP contribution in [-0.4, -0.2) is 36.4 Å². The van der Waals surface area contributed by atoms with E-state index in [2.05, 4.69) is 10.4 Å². The van der Waals surface area contributed by atoms with E-state index in [-0.39, 0.29) is 51.9 Å². The van der Waals surface area contributed by atoms with Crippen molar-refractivity contribution < 1.29 is 31.2 Å². The maximum absolute atomic E-state index is 13.4. The molecule has 1 aromatic heterocycles. The number of nitrogens with one attached hydrogen (secondary N) is 1. The average Bonchev–Trinajstić information content (AvgIpc) is 3.27. The van der Waals surface area contributed by atoms with E-state index in [1.54, 1.807) is 0 Å². The number of halogens is 3. The number of nitrogens with two attached hydrogens (primary N) is 1. The lowest BCUT2D eigenvalue weighted by atomic mass is 10.0. The van der Waals surface area contributed by atoms with Crippen molar-refractivity contribution in [1.29, 1.82) is 0 Å². The molecule has 0 aliphatic rings. The molecule has 3 rings (SSSR count). The minimum absolute atomic E-state index is 0.00435. The van der Waals surface area contributed by atoms with Gasteiger partial charge in [-0.3, -0.25) is 9.59 Å². The number of carbonyl (C=O) groups is 2. The second-order valence-corrected chi connectivity index (χ2v) is 9.28. The number of rotatable bonds is 9. The molecule has 0 saturated carbocycles. The van der Waals surface area contributed by atoms with Crippen LogP contribution in [0.4, 0.5) is 13.2 Å². The second kappa shape index (κ2) is 10.4. The van der Waals surface area contributed by atoms with E-state index >= 15 is 0 Å². The van der Waals surface area contributed by atoms with Gasteiger partial charge in [0.2, 0.25) is 15.9 Å². The molecule has 0 aliphatic heterocycles. The molecule has 3 aromatic rings. The molecular weight excluding hydrogens is 485 g/mol. The molecule has 1 heterocycles. The van der Waals surface area contributed by atoms with Gasteiger partial charge < -0.3 is 5.32 Å². The molecule has 0 fully saturated rings. The number of nitrogens with zero attached hydrogens (tertiary/aromatic N) is 2. The fourth-order valence-corrected chi connectivity index (χ4v) is 3.79. The summed E-state index contributed by atoms with van der Waals surface area (Å²) in [5.74, 6) is -0.592. The average molecular weight is 509 g/mol. The number of benzene rings is 2. The summed E-state index contributed by atoms with van der Waals surface area (Å²) in [5.41, 5.74) is -0.447. The second-order valence-electron chi connectivity index (χ2n) is 7.72. The van der Waals surface area contributed by atoms with Crippen molar-refractivity contribution in [3.05, 3.63) is 65.9 Å². The number of Topliss-reactive ketones (excluding diaryl/α,β-unsaturated/α-hetero) is 1. The quantitative estimate of drug-likeness (QED) is 0.427. The number of alkyl halides is 3. The van der Waals surface area contributed by atoms with Gasteiger partial charge in [-0.15, -0.1) is 0 Å². The Morgan fingerprint density at radius 1 is 1.06 bits per heavy atom. The van der Waals surface area contributed by atoms with E-state index in [9.17, 15) is 31.2 Å². The minimum atomic E-state index is -4.74. The summed E-state index contributed by atoms with van der Waals surface area (Å²) in [4.78, 5) is 24.2. The zero-order valence-electron chi connectivity index (χ0n) is 18.7. The molecule has 0 atom stereocenters. The number of carbonyl (C=O) groups excluding carboxylic acids is 2. The number of amides is 1. The van der Waals surface area contributed by atoms with Crippen molar-refractivity contribution in [2.45, 2.75) is 37.3 Å². The zero-order valence-corrected chi connectivity index (χ0v) is 19.5. The Morgan fingerprint density at radius 3 is 2.34 bits per heavy atom. The summed E-state index contributed by atoms with van der Waals surface area (Å²) >= 11 is 0. The third kappa shape index (κ3) is 6.55. The first-order chi connectivity index (χ1) is 16.4. The van der Waals surface area contributed by atoms with E-state index in [4.69, 9.17) is 5.14 Å². The van der Waals surface area contributed by atoms with Crippen LogP contribution in [0.15, 0.2) is 59.5 Å². The van der Waals surface area contributed by atoms with Crippen LogP contribution < -0.4 is 10.5 Å². The summed E-state index contributed by atoms with van der Waals surface area (Å²) < 4.78 is 64.3. The number of sulfonamides is 1. The lowest BCUT2D eigenvalue weighted by molar-refractivity contribution is -0.141. The molecule has 0 spiro atoms. The van der Waals surface area contributed by atoms with Crippen LogP contribution in [0.5, 0.6) is 0 Å². The third-order valence-corrected chi connectivity index (χ3v) is 5.97. The lowest BCUT2D eigenvalue weighted by Crippen LogP contribution is -2.24. The molecule has 0 bridgehead atoms. The molecular formula is C23H23F3N4O4S. The van der Waals surface area contributed by atoms with Crippen molar-refractivity contribution in [1.82, 2.24) is 15.1 Å². The Hall–Kier alpha value is -3.51. The van der Waals surface area contributed by atoms with Gasteiger partial charge in [0.05, 0.1) is 16.3 Å². The summed E-state index contributed by atoms with van der Waals surface area (Å²) in [6.45, 7) is 2.41. The molecule has 35 heavy (non-hydrogen) atoms. The van der Waals surface area contributed by atoms with Crippen molar-refractivity contribution >= 4 is 21.7 Å². The van der Waals surface area contributed by atoms with Crippen molar-refractivity contribution in [3.63, 3.8) is 0 Å². The molecule has 0 unspecified atom stereocenters. The van der Waals surface area contributed by atoms with Gasteiger partial charge in [-0.25, -0.2) is 18.2 Å². The standard InChI is InChI=1S/C23H23F3N4O4S/c1-2-12-28-22(32)11-10-20(31)16-5-3-4-15(13-16)19-14-21(23(24,25)26)29-30(19)17-6-8-18(9-7-17)35(27,33)34/h3-9,13-14H,2,10-12H2,1H3,(H,28,32)(H2,27,33,34). The highest BCUT2D eigenvalue weighted by atomic mass is 32.2. The monoisotopic (exact) mass is 508 g/mol. The van der Waals surface area contributed by atoms with Gasteiger partial charge in [0, 0.05) is 30.5 Å². The number of ketones is 1. The summed E-state index contributed by atoms with van der Waals surface area (Å²) in [6.07, 6.45) is -4.03. The molecule has 2 aromatic carbocycles. The summed E-state index contributed by atoms with van der Waals surface area (Å²) in [6, 6.07) is 11.7. The highest BCUT2D eigenvalue weighted by Crippen LogP contribution is 2.33. The van der Waals surface area contributed by atoms with Crippen LogP contribution in [0.3, 0.4) is 0 Å². The van der Waals surface area contributed by atoms with Crippen LogP contribution in [0, 0.1) is 0 Å². The SMILES string of the molecule is CCCNC(=O)CCC(=O)c1cccc(-c2cc(C(F)(F)F)nn2-c2ccc(S(N)(=O)=O)cc2)c1. The number of aromatic nitrogens is 2. The smallest absolute Gasteiger partial charge is 0.356 e. The Morgan fingerprint density at radius 2 is 1.74 bits per heavy atom. The molecule has 3 N–H and O–H groups in total. The number of hydrogen-bond donors (Lipinski definition) is 2. The maximum Gasteiger partial charge on any atom is 0.435 e. The number of primary sulfonamides is 1. The van der Waals surface area contributed by atoms with E-state index in [0.717, 1.165) is 29.3 Å². The van der Waals surface area contributed by atoms with Crippen LogP contribution in [0.2, 0.25) is 0 Å². The summed E-state index contributed by atoms with van der Waals surface area (Å²) in [7, 11) is -3.99. The summed E-state index contributed by atoms with van der Waals surface area (Å²) in [5, 5.41) is 11.4. The van der Waals surface area contributed by atoms with Gasteiger partial charge in [-0.1, -0.05) is 25.1 Å². The first-order valence-electron chi connectivity index (χ1n) is 10.6. The van der Waals surface area contributed by atoms with Gasteiger partial charge >= 0.3 is 6.18 Å². The topological polar surface area (TPSA) is 124 Å². The predicted octanol–water partition coefficient (Wildman–Crippen LogP) is 3.69. The minimum Gasteiger partial charge on any atom is -0.356 e. The lowest BCUT2D eigenvalue weighted by Gasteiger charge is -2.10. The molecule has 12 heteroatoms. The van der Waals surface area contributed by atoms with E-state index < -0.39 is 21.9 Å². The predicted molar refractivity (Wildman–Crippen MR) is 122 cm³/mol. The fourth-order valence-electron chi connectivity index (χ4n) is 3.28. The fraction of sp³-hybridized carbons (Fsp3) is 0.261. The first-order valence-corrected chi connectivity index (χ1v) is 12.2. The normalized spacial score (nSPS) is 11.9. The highest BCUT2D eigenvalue weighted by molar-refractivity contribution is 7.89. The van der Waals surface area contributed by atoms with Gasteiger partial charge in [-0.2, -0.15) is 18.3 Å². The largest absolute Gasteiger partial charge is 0.435 e. The zero-order chi connectivity index (χ0) is 25.8. The van der Waals surface area contributed by atoms with Gasteiger partial charge in [0.25, 0.3) is 0 Å². The van der Waals surface area contributed by atoms with Crippen molar-refractivity contribution in [2.75, 3.05) is 6.54 Å². The van der Waals surface area contributed by atoms with Crippen molar-refractivity contribution in [2.24, 2.45) is 5.14 Å². The van der Waals surface area contributed by atoms with Crippen LogP contribution in [-0.2, 0) is 21.0 Å². The van der Waals surface area contributed by atoms with E-state index in [1.807, 2.05) is 6.92 Å². The Kier molecular flexibility index (Phi) is 7.76. The third-order valence-electron chi connectivity index (χ3n) is 5.04. The van der Waals surface area contributed by atoms with Crippen LogP contribution >= 0.6 is 0 Å².